The summed E-state index contributed by atoms with van der Waals surface area (Å²) in [5, 5.41) is 29.2. The summed E-state index contributed by atoms with van der Waals surface area (Å²) in [4.78, 5) is 11.6. The van der Waals surface area contributed by atoms with Crippen molar-refractivity contribution in [3.63, 3.8) is 0 Å². The second kappa shape index (κ2) is 9.67. The fourth-order valence-electron chi connectivity index (χ4n) is 3.34. The molecule has 0 aliphatic rings. The number of fused-ring (bicyclic) bond motifs is 1. The van der Waals surface area contributed by atoms with E-state index in [4.69, 9.17) is 10.00 Å². The van der Waals surface area contributed by atoms with E-state index in [0.717, 1.165) is 17.2 Å². The van der Waals surface area contributed by atoms with Crippen LogP contribution in [0.3, 0.4) is 0 Å². The minimum atomic E-state index is -0.584. The zero-order valence-corrected chi connectivity index (χ0v) is 17.9. The van der Waals surface area contributed by atoms with Crippen molar-refractivity contribution in [1.29, 1.82) is 10.5 Å². The number of anilines is 1. The van der Waals surface area contributed by atoms with Crippen molar-refractivity contribution in [3.05, 3.63) is 78.7 Å². The number of rotatable bonds is 8. The topological polar surface area (TPSA) is 121 Å². The van der Waals surface area contributed by atoms with Crippen molar-refractivity contribution >= 4 is 17.1 Å². The summed E-state index contributed by atoms with van der Waals surface area (Å²) in [7, 11) is 0. The van der Waals surface area contributed by atoms with Gasteiger partial charge in [0, 0.05) is 23.5 Å². The van der Waals surface area contributed by atoms with Crippen molar-refractivity contribution in [3.8, 4) is 29.0 Å². The van der Waals surface area contributed by atoms with Gasteiger partial charge in [0.1, 0.15) is 35.3 Å². The molecular weight excluding hydrogens is 437 g/mol. The number of pyridine rings is 1. The Kier molecular flexibility index (Phi) is 6.33. The van der Waals surface area contributed by atoms with Gasteiger partial charge in [-0.15, -0.1) is 0 Å². The quantitative estimate of drug-likeness (QED) is 0.403. The Morgan fingerprint density at radius 3 is 2.82 bits per heavy atom. The molecule has 10 heteroatoms. The van der Waals surface area contributed by atoms with E-state index in [-0.39, 0.29) is 12.3 Å². The van der Waals surface area contributed by atoms with Crippen molar-refractivity contribution in [2.45, 2.75) is 19.6 Å². The second-order valence-electron chi connectivity index (χ2n) is 7.25. The Morgan fingerprint density at radius 2 is 2.06 bits per heavy atom. The highest BCUT2D eigenvalue weighted by Crippen LogP contribution is 2.31. The lowest BCUT2D eigenvalue weighted by Crippen LogP contribution is -2.09. The van der Waals surface area contributed by atoms with Crippen LogP contribution in [0.25, 0.3) is 16.6 Å². The first-order valence-corrected chi connectivity index (χ1v) is 10.2. The first kappa shape index (κ1) is 22.2. The number of nitrogens with one attached hydrogen (secondary N) is 1. The Hall–Kier alpha value is -4.96. The maximum absolute atomic E-state index is 14.1. The van der Waals surface area contributed by atoms with E-state index in [9.17, 15) is 14.4 Å². The van der Waals surface area contributed by atoms with Crippen LogP contribution in [0, 0.1) is 28.5 Å². The molecule has 168 valence electrons. The summed E-state index contributed by atoms with van der Waals surface area (Å²) >= 11 is 0. The molecule has 0 unspecified atom stereocenters. The van der Waals surface area contributed by atoms with Crippen molar-refractivity contribution in [1.82, 2.24) is 19.4 Å². The summed E-state index contributed by atoms with van der Waals surface area (Å²) in [5.41, 5.74) is 2.98. The molecule has 0 spiro atoms. The van der Waals surface area contributed by atoms with Gasteiger partial charge in [-0.05, 0) is 29.8 Å². The molecule has 9 nitrogen and oxygen atoms in total. The molecule has 3 aromatic heterocycles. The summed E-state index contributed by atoms with van der Waals surface area (Å²) in [6.07, 6.45) is 8.08. The third-order valence-corrected chi connectivity index (χ3v) is 4.98. The van der Waals surface area contributed by atoms with Gasteiger partial charge in [-0.3, -0.25) is 9.48 Å². The van der Waals surface area contributed by atoms with Gasteiger partial charge in [-0.25, -0.2) is 8.91 Å². The van der Waals surface area contributed by atoms with Crippen molar-refractivity contribution in [2.75, 3.05) is 5.32 Å². The van der Waals surface area contributed by atoms with E-state index >= 15 is 0 Å². The van der Waals surface area contributed by atoms with Gasteiger partial charge < -0.3 is 10.1 Å². The predicted octanol–water partition coefficient (Wildman–Crippen LogP) is 3.83. The number of nitriles is 2. The Balaban J connectivity index is 1.66. The van der Waals surface area contributed by atoms with Crippen LogP contribution in [0.2, 0.25) is 0 Å². The molecule has 0 saturated heterocycles. The van der Waals surface area contributed by atoms with E-state index in [0.29, 0.717) is 35.4 Å². The van der Waals surface area contributed by atoms with E-state index in [1.54, 1.807) is 33.7 Å². The van der Waals surface area contributed by atoms with Gasteiger partial charge in [0.2, 0.25) is 5.91 Å². The van der Waals surface area contributed by atoms with Gasteiger partial charge in [0.15, 0.2) is 0 Å². The molecule has 1 N–H and O–H groups in total. The molecule has 3 heterocycles. The SMILES string of the molecule is C=CC(=O)Nc1cc(COc2cc(-c3cnn(CCC#N)c3)cn3ncc(C#N)c23)ccc1F. The maximum Gasteiger partial charge on any atom is 0.247 e. The number of nitrogens with zero attached hydrogens (tertiary/aromatic N) is 6. The van der Waals surface area contributed by atoms with E-state index in [1.165, 1.54) is 18.3 Å². The number of hydrogen-bond donors (Lipinski definition) is 1. The largest absolute Gasteiger partial charge is 0.487 e. The Bertz CT molecular complexity index is 1470. The average molecular weight is 455 g/mol. The first-order valence-electron chi connectivity index (χ1n) is 10.2. The number of benzene rings is 1. The smallest absolute Gasteiger partial charge is 0.247 e. The molecule has 0 saturated carbocycles. The van der Waals surface area contributed by atoms with Crippen molar-refractivity contribution < 1.29 is 13.9 Å². The predicted molar refractivity (Wildman–Crippen MR) is 121 cm³/mol. The number of amides is 1. The van der Waals surface area contributed by atoms with E-state index < -0.39 is 11.7 Å². The number of hydrogen-bond acceptors (Lipinski definition) is 6. The first-order chi connectivity index (χ1) is 16.5. The third-order valence-electron chi connectivity index (χ3n) is 4.98. The number of carbonyl (C=O) groups is 1. The molecule has 0 radical (unpaired) electrons. The van der Waals surface area contributed by atoms with Crippen LogP contribution < -0.4 is 10.1 Å². The molecule has 0 atom stereocenters. The summed E-state index contributed by atoms with van der Waals surface area (Å²) in [6.45, 7) is 3.88. The van der Waals surface area contributed by atoms with Crippen LogP contribution in [0.15, 0.2) is 61.7 Å². The number of aryl methyl sites for hydroxylation is 1. The number of ether oxygens (including phenoxy) is 1. The van der Waals surface area contributed by atoms with Gasteiger partial charge in [-0.2, -0.15) is 20.7 Å². The molecule has 0 fully saturated rings. The molecule has 1 amide bonds. The van der Waals surface area contributed by atoms with E-state index in [1.807, 2.05) is 6.20 Å². The van der Waals surface area contributed by atoms with Gasteiger partial charge in [0.05, 0.1) is 37.1 Å². The minimum Gasteiger partial charge on any atom is -0.487 e. The number of carbonyl (C=O) groups excluding carboxylic acids is 1. The third kappa shape index (κ3) is 4.61. The normalized spacial score (nSPS) is 10.4. The van der Waals surface area contributed by atoms with E-state index in [2.05, 4.69) is 34.2 Å². The second-order valence-corrected chi connectivity index (χ2v) is 7.25. The monoisotopic (exact) mass is 455 g/mol. The van der Waals surface area contributed by atoms with Crippen LogP contribution in [-0.4, -0.2) is 25.3 Å². The zero-order chi connectivity index (χ0) is 24.1. The lowest BCUT2D eigenvalue weighted by molar-refractivity contribution is -0.111. The Morgan fingerprint density at radius 1 is 1.21 bits per heavy atom. The van der Waals surface area contributed by atoms with Crippen LogP contribution in [0.5, 0.6) is 5.75 Å². The highest BCUT2D eigenvalue weighted by molar-refractivity contribution is 5.99. The van der Waals surface area contributed by atoms with Crippen LogP contribution >= 0.6 is 0 Å². The van der Waals surface area contributed by atoms with Gasteiger partial charge in [0.25, 0.3) is 0 Å². The zero-order valence-electron chi connectivity index (χ0n) is 17.9. The summed E-state index contributed by atoms with van der Waals surface area (Å²) in [6, 6.07) is 10.2. The fraction of sp³-hybridized carbons (Fsp3) is 0.125. The molecule has 0 aliphatic heterocycles. The molecule has 4 rings (SSSR count). The maximum atomic E-state index is 14.1. The lowest BCUT2D eigenvalue weighted by Gasteiger charge is -2.12. The average Bonchev–Trinajstić information content (AvgIpc) is 3.49. The molecule has 4 aromatic rings. The number of aromatic nitrogens is 4. The molecule has 0 aliphatic carbocycles. The molecule has 0 bridgehead atoms. The fourth-order valence-corrected chi connectivity index (χ4v) is 3.34. The summed E-state index contributed by atoms with van der Waals surface area (Å²) in [5.74, 6) is -0.712. The van der Waals surface area contributed by atoms with Crippen molar-refractivity contribution in [2.24, 2.45) is 0 Å². The Labute approximate surface area is 193 Å². The van der Waals surface area contributed by atoms with Crippen LogP contribution in [-0.2, 0) is 17.9 Å². The van der Waals surface area contributed by atoms with Gasteiger partial charge >= 0.3 is 0 Å². The summed E-state index contributed by atoms with van der Waals surface area (Å²) < 4.78 is 23.3. The molecule has 34 heavy (non-hydrogen) atoms. The van der Waals surface area contributed by atoms with Crippen LogP contribution in [0.1, 0.15) is 17.5 Å². The minimum absolute atomic E-state index is 0.0109. The standard InChI is InChI=1S/C24H18FN7O2/c1-2-23(33)30-21-8-16(4-5-20(21)25)15-34-22-9-17(14-32-24(22)18(10-27)11-29-32)19-12-28-31(13-19)7-3-6-26/h2,4-5,8-9,11-14H,1,3,7,15H2,(H,30,33). The van der Waals surface area contributed by atoms with Crippen LogP contribution in [0.4, 0.5) is 10.1 Å². The van der Waals surface area contributed by atoms with Gasteiger partial charge in [-0.1, -0.05) is 12.6 Å². The highest BCUT2D eigenvalue weighted by Gasteiger charge is 2.15. The molecular formula is C24H18FN7O2. The number of halogens is 1. The molecule has 1 aromatic carbocycles. The lowest BCUT2D eigenvalue weighted by atomic mass is 10.1. The highest BCUT2D eigenvalue weighted by atomic mass is 19.1.